The highest BCUT2D eigenvalue weighted by Crippen LogP contribution is 2.27. The van der Waals surface area contributed by atoms with Crippen LogP contribution in [0.25, 0.3) is 0 Å². The van der Waals surface area contributed by atoms with Crippen LogP contribution in [0.4, 0.5) is 0 Å². The quantitative estimate of drug-likeness (QED) is 0.788. The molecule has 0 aliphatic heterocycles. The molecule has 0 aliphatic carbocycles. The van der Waals surface area contributed by atoms with E-state index in [1.54, 1.807) is 6.20 Å². The molecule has 0 unspecified atom stereocenters. The van der Waals surface area contributed by atoms with Crippen molar-refractivity contribution < 1.29 is 5.11 Å². The summed E-state index contributed by atoms with van der Waals surface area (Å²) >= 11 is 7.74. The van der Waals surface area contributed by atoms with Gasteiger partial charge in [0.25, 0.3) is 5.56 Å². The maximum Gasteiger partial charge on any atom is 0.287 e. The maximum absolute atomic E-state index is 12.3. The lowest BCUT2D eigenvalue weighted by Gasteiger charge is -2.21. The Morgan fingerprint density at radius 3 is 2.42 bits per heavy atom. The number of rotatable bonds is 6. The van der Waals surface area contributed by atoms with Crippen molar-refractivity contribution in [3.05, 3.63) is 57.0 Å². The van der Waals surface area contributed by atoms with Gasteiger partial charge >= 0.3 is 0 Å². The molecule has 1 aromatic carbocycles. The molecule has 0 radical (unpaired) electrons. The van der Waals surface area contributed by atoms with Crippen molar-refractivity contribution in [3.63, 3.8) is 0 Å². The first-order chi connectivity index (χ1) is 11.3. The first-order valence-corrected chi connectivity index (χ1v) is 9.29. The fourth-order valence-electron chi connectivity index (χ4n) is 2.24. The molecule has 0 atom stereocenters. The smallest absolute Gasteiger partial charge is 0.287 e. The van der Waals surface area contributed by atoms with Crippen LogP contribution in [0.3, 0.4) is 0 Å². The van der Waals surface area contributed by atoms with Gasteiger partial charge in [-0.1, -0.05) is 35.9 Å². The summed E-state index contributed by atoms with van der Waals surface area (Å²) in [5.41, 5.74) is 1.72. The number of aliphatic hydroxyl groups is 1. The largest absolute Gasteiger partial charge is 0.396 e. The highest BCUT2D eigenvalue weighted by atomic mass is 35.5. The summed E-state index contributed by atoms with van der Waals surface area (Å²) in [5, 5.41) is 13.3. The topological polar surface area (TPSA) is 55.1 Å². The molecule has 2 aromatic rings. The zero-order valence-corrected chi connectivity index (χ0v) is 15.8. The molecule has 0 amide bonds. The first-order valence-electron chi connectivity index (χ1n) is 7.92. The molecule has 0 saturated heterocycles. The van der Waals surface area contributed by atoms with Crippen molar-refractivity contribution in [2.45, 2.75) is 49.8 Å². The van der Waals surface area contributed by atoms with E-state index in [1.165, 1.54) is 22.0 Å². The Bertz CT molecular complexity index is 736. The molecule has 24 heavy (non-hydrogen) atoms. The van der Waals surface area contributed by atoms with Gasteiger partial charge in [-0.2, -0.15) is 5.10 Å². The Balaban J connectivity index is 2.07. The summed E-state index contributed by atoms with van der Waals surface area (Å²) in [6.07, 6.45) is 3.32. The van der Waals surface area contributed by atoms with Gasteiger partial charge < -0.3 is 5.11 Å². The number of aliphatic hydroxyl groups excluding tert-OH is 1. The van der Waals surface area contributed by atoms with Gasteiger partial charge in [-0.25, -0.2) is 4.68 Å². The molecule has 6 heteroatoms. The standard InChI is InChI=1S/C18H23ClN2O2S/c1-18(2,3)21-17(23)16(19)15(11-20-21)24-12-14-8-6-13(7-9-14)5-4-10-22/h6-9,11,22H,4-5,10,12H2,1-3H3. The van der Waals surface area contributed by atoms with Crippen molar-refractivity contribution in [1.29, 1.82) is 0 Å². The van der Waals surface area contributed by atoms with Crippen LogP contribution in [0.5, 0.6) is 0 Å². The predicted molar refractivity (Wildman–Crippen MR) is 99.9 cm³/mol. The predicted octanol–water partition coefficient (Wildman–Crippen LogP) is 3.87. The highest BCUT2D eigenvalue weighted by molar-refractivity contribution is 7.98. The summed E-state index contributed by atoms with van der Waals surface area (Å²) in [5.74, 6) is 0.723. The second-order valence-electron chi connectivity index (χ2n) is 6.64. The molecule has 2 rings (SSSR count). The average Bonchev–Trinajstić information content (AvgIpc) is 2.54. The van der Waals surface area contributed by atoms with Crippen molar-refractivity contribution in [3.8, 4) is 0 Å². The zero-order chi connectivity index (χ0) is 17.7. The van der Waals surface area contributed by atoms with Gasteiger partial charge in [0.15, 0.2) is 0 Å². The fraction of sp³-hybridized carbons (Fsp3) is 0.444. The molecule has 1 aromatic heterocycles. The Kier molecular flexibility index (Phi) is 6.49. The van der Waals surface area contributed by atoms with E-state index in [1.807, 2.05) is 20.8 Å². The molecular weight excluding hydrogens is 344 g/mol. The average molecular weight is 367 g/mol. The number of hydrogen-bond acceptors (Lipinski definition) is 4. The normalized spacial score (nSPS) is 11.7. The van der Waals surface area contributed by atoms with Crippen molar-refractivity contribution >= 4 is 23.4 Å². The van der Waals surface area contributed by atoms with E-state index in [4.69, 9.17) is 16.7 Å². The second-order valence-corrected chi connectivity index (χ2v) is 8.04. The molecule has 1 heterocycles. The van der Waals surface area contributed by atoms with Crippen LogP contribution >= 0.6 is 23.4 Å². The Morgan fingerprint density at radius 1 is 1.21 bits per heavy atom. The minimum absolute atomic E-state index is 0.212. The van der Waals surface area contributed by atoms with Crippen LogP contribution in [-0.4, -0.2) is 21.5 Å². The number of halogens is 1. The number of nitrogens with zero attached hydrogens (tertiary/aromatic N) is 2. The lowest BCUT2D eigenvalue weighted by molar-refractivity contribution is 0.288. The molecule has 4 nitrogen and oxygen atoms in total. The number of benzene rings is 1. The Morgan fingerprint density at radius 2 is 1.83 bits per heavy atom. The summed E-state index contributed by atoms with van der Waals surface area (Å²) in [6.45, 7) is 5.97. The third-order valence-corrected chi connectivity index (χ3v) is 5.14. The van der Waals surface area contributed by atoms with Crippen LogP contribution in [0.1, 0.15) is 38.3 Å². The van der Waals surface area contributed by atoms with Gasteiger partial charge in [0.05, 0.1) is 16.6 Å². The van der Waals surface area contributed by atoms with E-state index in [0.29, 0.717) is 4.90 Å². The number of thioether (sulfide) groups is 1. The molecular formula is C18H23ClN2O2S. The van der Waals surface area contributed by atoms with Crippen molar-refractivity contribution in [2.24, 2.45) is 0 Å². The van der Waals surface area contributed by atoms with E-state index in [-0.39, 0.29) is 17.2 Å². The summed E-state index contributed by atoms with van der Waals surface area (Å²) < 4.78 is 1.41. The van der Waals surface area contributed by atoms with Crippen LogP contribution in [0, 0.1) is 0 Å². The van der Waals surface area contributed by atoms with E-state index in [2.05, 4.69) is 29.4 Å². The summed E-state index contributed by atoms with van der Waals surface area (Å²) in [6, 6.07) is 8.28. The highest BCUT2D eigenvalue weighted by Gasteiger charge is 2.19. The number of aromatic nitrogens is 2. The first kappa shape index (κ1) is 19.0. The van der Waals surface area contributed by atoms with E-state index in [9.17, 15) is 4.79 Å². The lowest BCUT2D eigenvalue weighted by atomic mass is 10.1. The van der Waals surface area contributed by atoms with Gasteiger partial charge in [-0.15, -0.1) is 11.8 Å². The fourth-order valence-corrected chi connectivity index (χ4v) is 3.39. The van der Waals surface area contributed by atoms with Gasteiger partial charge in [-0.3, -0.25) is 4.79 Å². The minimum Gasteiger partial charge on any atom is -0.396 e. The van der Waals surface area contributed by atoms with Crippen LogP contribution in [-0.2, 0) is 17.7 Å². The number of aryl methyl sites for hydroxylation is 1. The van der Waals surface area contributed by atoms with Crippen LogP contribution in [0.2, 0.25) is 5.02 Å². The second kappa shape index (κ2) is 8.19. The zero-order valence-electron chi connectivity index (χ0n) is 14.3. The third kappa shape index (κ3) is 4.85. The summed E-state index contributed by atoms with van der Waals surface area (Å²) in [4.78, 5) is 13.0. The van der Waals surface area contributed by atoms with E-state index >= 15 is 0 Å². The molecule has 0 fully saturated rings. The monoisotopic (exact) mass is 366 g/mol. The molecule has 0 aliphatic rings. The van der Waals surface area contributed by atoms with Crippen molar-refractivity contribution in [1.82, 2.24) is 9.78 Å². The van der Waals surface area contributed by atoms with Gasteiger partial charge in [0, 0.05) is 12.4 Å². The van der Waals surface area contributed by atoms with E-state index < -0.39 is 5.54 Å². The maximum atomic E-state index is 12.3. The number of hydrogen-bond donors (Lipinski definition) is 1. The Labute approximate surface area is 151 Å². The van der Waals surface area contributed by atoms with Gasteiger partial charge in [0.1, 0.15) is 5.02 Å². The molecule has 1 N–H and O–H groups in total. The molecule has 0 bridgehead atoms. The molecule has 0 spiro atoms. The summed E-state index contributed by atoms with van der Waals surface area (Å²) in [7, 11) is 0. The van der Waals surface area contributed by atoms with E-state index in [0.717, 1.165) is 24.2 Å². The molecule has 0 saturated carbocycles. The van der Waals surface area contributed by atoms with Gasteiger partial charge in [0.2, 0.25) is 0 Å². The van der Waals surface area contributed by atoms with Gasteiger partial charge in [-0.05, 0) is 44.7 Å². The lowest BCUT2D eigenvalue weighted by Crippen LogP contribution is -2.36. The third-order valence-electron chi connectivity index (χ3n) is 3.56. The Hall–Kier alpha value is -1.30. The van der Waals surface area contributed by atoms with Crippen molar-refractivity contribution in [2.75, 3.05) is 6.61 Å². The molecule has 130 valence electrons. The SMILES string of the molecule is CC(C)(C)n1ncc(SCc2ccc(CCCO)cc2)c(Cl)c1=O. The van der Waals surface area contributed by atoms with Crippen LogP contribution in [0.15, 0.2) is 40.2 Å². The van der Waals surface area contributed by atoms with Crippen LogP contribution < -0.4 is 5.56 Å². The minimum atomic E-state index is -0.395.